The zero-order chi connectivity index (χ0) is 46.2. The zero-order valence-corrected chi connectivity index (χ0v) is 38.8. The summed E-state index contributed by atoms with van der Waals surface area (Å²) < 4.78 is 9.68. The van der Waals surface area contributed by atoms with Gasteiger partial charge < -0.3 is 40.1 Å². The van der Waals surface area contributed by atoms with Gasteiger partial charge in [0.05, 0.1) is 54.4 Å². The molecule has 2 saturated heterocycles. The third-order valence-corrected chi connectivity index (χ3v) is 14.0. The summed E-state index contributed by atoms with van der Waals surface area (Å²) in [5, 5.41) is 17.1. The second-order valence-corrected chi connectivity index (χ2v) is 19.0. The number of carbonyl (C=O) groups excluding carboxylic acids is 3. The molecule has 0 spiro atoms. The van der Waals surface area contributed by atoms with Crippen LogP contribution in [0.4, 0.5) is 9.59 Å². The molecule has 14 heteroatoms. The lowest BCUT2D eigenvalue weighted by Crippen LogP contribution is -2.54. The highest BCUT2D eigenvalue weighted by molar-refractivity contribution is 5.87. The van der Waals surface area contributed by atoms with Crippen molar-refractivity contribution in [1.29, 1.82) is 0 Å². The van der Waals surface area contributed by atoms with E-state index in [1.165, 1.54) is 47.6 Å². The first kappa shape index (κ1) is 44.9. The van der Waals surface area contributed by atoms with Crippen LogP contribution in [0.2, 0.25) is 0 Å². The van der Waals surface area contributed by atoms with Gasteiger partial charge in [-0.1, -0.05) is 76.2 Å². The van der Waals surface area contributed by atoms with Gasteiger partial charge in [-0.15, -0.1) is 0 Å². The standard InChI is InChI=1S/C52H62N8O6/c1-29(2)45(57-51(63)65-5)49(61)59-23-7-9-43(59)47-53-39-21-19-35(27-41(39)55-47)37-25-31-11-15-33(37)17-13-32-12-16-34(18-14-31)38(26-32)36-20-22-40-42(28-36)56-48(54-40)44-10-8-24-60(44)50(62)46(30(3)4)58-52(64)66-6/h11-12,15-16,19-22,25-30,43-46,49,61H,7-10,13-14,17-18,23-24H2,1-6H3,(H,53,55)(H,54,56)(H,57,63)(H,58,64)/t43-,44-,45-,46-,49?/m0/s1. The maximum absolute atomic E-state index is 13.8. The van der Waals surface area contributed by atoms with Gasteiger partial charge in [-0.25, -0.2) is 19.6 Å². The summed E-state index contributed by atoms with van der Waals surface area (Å²) in [6.07, 6.45) is 4.84. The van der Waals surface area contributed by atoms with Gasteiger partial charge in [-0.05, 0) is 132 Å². The molecule has 4 heterocycles. The van der Waals surface area contributed by atoms with Gasteiger partial charge in [0.2, 0.25) is 5.91 Å². The summed E-state index contributed by atoms with van der Waals surface area (Å²) in [6.45, 7) is 9.11. The number of methoxy groups -OCH3 is 2. The number of amides is 3. The number of aromatic nitrogens is 4. The molecule has 66 heavy (non-hydrogen) atoms. The molecule has 2 aromatic heterocycles. The number of aliphatic hydroxyl groups is 1. The highest BCUT2D eigenvalue weighted by Gasteiger charge is 2.39. The predicted octanol–water partition coefficient (Wildman–Crippen LogP) is 8.54. The second-order valence-electron chi connectivity index (χ2n) is 19.0. The van der Waals surface area contributed by atoms with E-state index in [0.29, 0.717) is 13.1 Å². The molecule has 4 aromatic carbocycles. The van der Waals surface area contributed by atoms with Crippen LogP contribution in [0.3, 0.4) is 0 Å². The number of H-pyrrole nitrogens is 2. The third-order valence-electron chi connectivity index (χ3n) is 14.0. The summed E-state index contributed by atoms with van der Waals surface area (Å²) in [4.78, 5) is 59.2. The van der Waals surface area contributed by atoms with Gasteiger partial charge in [0.25, 0.3) is 0 Å². The molecule has 346 valence electrons. The van der Waals surface area contributed by atoms with Crippen LogP contribution < -0.4 is 10.6 Å². The molecule has 12 rings (SSSR count). The highest BCUT2D eigenvalue weighted by atomic mass is 16.5. The number of imidazole rings is 2. The normalized spacial score (nSPS) is 19.0. The lowest BCUT2D eigenvalue weighted by Gasteiger charge is -2.35. The maximum Gasteiger partial charge on any atom is 0.407 e. The Labute approximate surface area is 385 Å². The van der Waals surface area contributed by atoms with Crippen LogP contribution >= 0.6 is 0 Å². The Morgan fingerprint density at radius 1 is 0.667 bits per heavy atom. The Hall–Kier alpha value is -6.25. The minimum absolute atomic E-state index is 0.00886. The average molecular weight is 895 g/mol. The number of hydrogen-bond donors (Lipinski definition) is 5. The van der Waals surface area contributed by atoms with Crippen molar-refractivity contribution in [3.05, 3.63) is 107 Å². The molecule has 5 N–H and O–H groups in total. The number of likely N-dealkylation sites (tertiary alicyclic amines) is 2. The van der Waals surface area contributed by atoms with E-state index in [2.05, 4.69) is 93.4 Å². The molecule has 6 aliphatic rings. The fraction of sp³-hybridized carbons (Fsp3) is 0.442. The summed E-state index contributed by atoms with van der Waals surface area (Å²) >= 11 is 0. The van der Waals surface area contributed by atoms with E-state index in [0.717, 1.165) is 96.2 Å². The van der Waals surface area contributed by atoms with Crippen LogP contribution in [0, 0.1) is 11.8 Å². The maximum atomic E-state index is 13.8. The van der Waals surface area contributed by atoms with Crippen molar-refractivity contribution >= 4 is 40.2 Å². The van der Waals surface area contributed by atoms with Crippen molar-refractivity contribution in [2.45, 2.75) is 109 Å². The number of nitrogens with one attached hydrogen (secondary N) is 4. The van der Waals surface area contributed by atoms with Crippen molar-refractivity contribution in [2.75, 3.05) is 27.3 Å². The van der Waals surface area contributed by atoms with Gasteiger partial charge in [0, 0.05) is 13.1 Å². The SMILES string of the molecule is COC(=O)N[C@@H](C(C)C)C(O)N1CCC[C@H]1c1nc2ccc(-c3cc4ccc3CCc3ccc(c(-c5ccc6nc([C@@H]7CCCN7C(=O)[C@@H](NC(=O)OC)C(C)C)[nH]c6c5)c3)CC4)cc2[nH]1. The number of alkyl carbamates (subject to hydrolysis) is 2. The predicted molar refractivity (Wildman–Crippen MR) is 255 cm³/mol. The van der Waals surface area contributed by atoms with Gasteiger partial charge in [0.15, 0.2) is 0 Å². The number of ether oxygens (including phenoxy) is 2. The summed E-state index contributed by atoms with van der Waals surface area (Å²) in [5.74, 6) is 1.34. The van der Waals surface area contributed by atoms with Crippen LogP contribution in [0.25, 0.3) is 44.3 Å². The quantitative estimate of drug-likeness (QED) is 0.0853. The van der Waals surface area contributed by atoms with Crippen molar-refractivity contribution in [1.82, 2.24) is 40.4 Å². The molecule has 0 saturated carbocycles. The molecule has 4 bridgehead atoms. The molecule has 3 amide bonds. The fourth-order valence-electron chi connectivity index (χ4n) is 10.4. The Morgan fingerprint density at radius 2 is 1.20 bits per heavy atom. The van der Waals surface area contributed by atoms with Gasteiger partial charge >= 0.3 is 12.2 Å². The van der Waals surface area contributed by atoms with Crippen LogP contribution in [-0.2, 0) is 40.0 Å². The van der Waals surface area contributed by atoms with Gasteiger partial charge in [-0.3, -0.25) is 9.69 Å². The molecular weight excluding hydrogens is 833 g/mol. The summed E-state index contributed by atoms with van der Waals surface area (Å²) in [6, 6.07) is 25.3. The number of nitrogens with zero attached hydrogens (tertiary/aromatic N) is 4. The summed E-state index contributed by atoms with van der Waals surface area (Å²) in [7, 11) is 2.64. The Bertz CT molecular complexity index is 2760. The Balaban J connectivity index is 0.940. The number of fused-ring (bicyclic) bond motifs is 2. The van der Waals surface area contributed by atoms with Gasteiger partial charge in [-0.2, -0.15) is 0 Å². The fourth-order valence-corrected chi connectivity index (χ4v) is 10.4. The number of aryl methyl sites for hydroxylation is 4. The second kappa shape index (κ2) is 18.9. The number of carbonyl (C=O) groups is 3. The van der Waals surface area contributed by atoms with E-state index in [-0.39, 0.29) is 29.8 Å². The lowest BCUT2D eigenvalue weighted by atomic mass is 9.87. The van der Waals surface area contributed by atoms with Gasteiger partial charge in [0.1, 0.15) is 23.9 Å². The molecule has 0 radical (unpaired) electrons. The number of hydrogen-bond acceptors (Lipinski definition) is 9. The number of aliphatic hydroxyl groups excluding tert-OH is 1. The molecule has 14 nitrogen and oxygen atoms in total. The van der Waals surface area contributed by atoms with Crippen molar-refractivity contribution in [3.63, 3.8) is 0 Å². The highest BCUT2D eigenvalue weighted by Crippen LogP contribution is 2.38. The lowest BCUT2D eigenvalue weighted by molar-refractivity contribution is -0.135. The molecule has 1 unspecified atom stereocenters. The third kappa shape index (κ3) is 9.00. The average Bonchev–Trinajstić information content (AvgIpc) is 4.15. The minimum atomic E-state index is -0.894. The zero-order valence-electron chi connectivity index (χ0n) is 38.8. The van der Waals surface area contributed by atoms with Crippen molar-refractivity contribution in [2.24, 2.45) is 11.8 Å². The molecule has 6 aromatic rings. The molecule has 4 aliphatic carbocycles. The van der Waals surface area contributed by atoms with E-state index >= 15 is 0 Å². The largest absolute Gasteiger partial charge is 0.453 e. The Morgan fingerprint density at radius 3 is 1.74 bits per heavy atom. The number of benzene rings is 4. The first-order valence-electron chi connectivity index (χ1n) is 23.6. The van der Waals surface area contributed by atoms with E-state index in [9.17, 15) is 19.5 Å². The van der Waals surface area contributed by atoms with E-state index in [1.807, 2.05) is 37.5 Å². The monoisotopic (exact) mass is 894 g/mol. The number of rotatable bonds is 11. The van der Waals surface area contributed by atoms with E-state index in [4.69, 9.17) is 19.4 Å². The van der Waals surface area contributed by atoms with Crippen molar-refractivity contribution < 1.29 is 29.0 Å². The molecule has 2 aliphatic heterocycles. The van der Waals surface area contributed by atoms with Crippen molar-refractivity contribution in [3.8, 4) is 22.3 Å². The van der Waals surface area contributed by atoms with E-state index < -0.39 is 30.5 Å². The molecule has 5 atom stereocenters. The smallest absolute Gasteiger partial charge is 0.407 e. The molecular formula is C52H62N8O6. The van der Waals surface area contributed by atoms with Crippen LogP contribution in [0.5, 0.6) is 0 Å². The molecule has 2 fully saturated rings. The first-order chi connectivity index (χ1) is 31.9. The minimum Gasteiger partial charge on any atom is -0.453 e. The van der Waals surface area contributed by atoms with Crippen LogP contribution in [0.1, 0.15) is 99.4 Å². The topological polar surface area (TPSA) is 178 Å². The summed E-state index contributed by atoms with van der Waals surface area (Å²) in [5.41, 5.74) is 13.5. The van der Waals surface area contributed by atoms with Crippen LogP contribution in [-0.4, -0.2) is 98.6 Å². The first-order valence-corrected chi connectivity index (χ1v) is 23.6. The van der Waals surface area contributed by atoms with Crippen LogP contribution in [0.15, 0.2) is 72.8 Å². The van der Waals surface area contributed by atoms with E-state index in [1.54, 1.807) is 0 Å². The Kier molecular flexibility index (Phi) is 12.9. The number of aromatic amines is 2.